The molecule has 1 amide bonds. The minimum absolute atomic E-state index is 0.248. The number of pyridine rings is 1. The molecule has 0 aliphatic rings. The second-order valence-electron chi connectivity index (χ2n) is 6.46. The number of anilines is 3. The van der Waals surface area contributed by atoms with Gasteiger partial charge >= 0.3 is 0 Å². The Kier molecular flexibility index (Phi) is 5.79. The van der Waals surface area contributed by atoms with Crippen LogP contribution < -0.4 is 20.1 Å². The van der Waals surface area contributed by atoms with Crippen molar-refractivity contribution in [1.29, 1.82) is 0 Å². The number of carbonyl (C=O) groups excluding carboxylic acids is 1. The minimum atomic E-state index is -0.248. The van der Waals surface area contributed by atoms with E-state index in [9.17, 15) is 4.79 Å². The lowest BCUT2D eigenvalue weighted by atomic mass is 10.1. The van der Waals surface area contributed by atoms with E-state index in [0.29, 0.717) is 17.2 Å². The predicted molar refractivity (Wildman–Crippen MR) is 111 cm³/mol. The molecule has 0 aliphatic carbocycles. The van der Waals surface area contributed by atoms with Crippen LogP contribution in [0.15, 0.2) is 54.7 Å². The Hall–Kier alpha value is -3.54. The summed E-state index contributed by atoms with van der Waals surface area (Å²) in [5.74, 6) is 1.04. The summed E-state index contributed by atoms with van der Waals surface area (Å²) in [4.78, 5) is 16.7. The van der Waals surface area contributed by atoms with E-state index in [2.05, 4.69) is 21.7 Å². The predicted octanol–water partition coefficient (Wildman–Crippen LogP) is 4.71. The highest BCUT2D eigenvalue weighted by atomic mass is 16.5. The summed E-state index contributed by atoms with van der Waals surface area (Å²) in [6.45, 7) is 3.99. The van der Waals surface area contributed by atoms with Crippen molar-refractivity contribution in [3.05, 3.63) is 71.5 Å². The largest absolute Gasteiger partial charge is 0.493 e. The van der Waals surface area contributed by atoms with E-state index in [1.54, 1.807) is 32.5 Å². The zero-order valence-corrected chi connectivity index (χ0v) is 16.4. The Morgan fingerprint density at radius 2 is 1.50 bits per heavy atom. The number of hydrogen-bond donors (Lipinski definition) is 2. The Bertz CT molecular complexity index is 965. The van der Waals surface area contributed by atoms with Gasteiger partial charge in [-0.3, -0.25) is 4.79 Å². The molecule has 0 atom stereocenters. The first-order chi connectivity index (χ1) is 13.5. The number of ether oxygens (including phenoxy) is 2. The number of aromatic nitrogens is 1. The van der Waals surface area contributed by atoms with Crippen LogP contribution in [0.2, 0.25) is 0 Å². The van der Waals surface area contributed by atoms with Crippen molar-refractivity contribution in [2.45, 2.75) is 13.8 Å². The average Bonchev–Trinajstić information content (AvgIpc) is 2.67. The molecule has 0 bridgehead atoms. The van der Waals surface area contributed by atoms with Gasteiger partial charge in [-0.25, -0.2) is 4.98 Å². The van der Waals surface area contributed by atoms with Crippen LogP contribution in [-0.2, 0) is 0 Å². The van der Waals surface area contributed by atoms with Gasteiger partial charge in [0.2, 0.25) is 0 Å². The molecule has 0 spiro atoms. The van der Waals surface area contributed by atoms with E-state index in [1.807, 2.05) is 44.2 Å². The number of carbonyl (C=O) groups is 1. The topological polar surface area (TPSA) is 72.5 Å². The van der Waals surface area contributed by atoms with Gasteiger partial charge in [-0.05, 0) is 61.4 Å². The summed E-state index contributed by atoms with van der Waals surface area (Å²) in [6.07, 6.45) is 1.62. The number of benzene rings is 2. The van der Waals surface area contributed by atoms with Crippen LogP contribution in [0.4, 0.5) is 17.1 Å². The third kappa shape index (κ3) is 4.59. The summed E-state index contributed by atoms with van der Waals surface area (Å²) in [5, 5.41) is 6.12. The maximum Gasteiger partial charge on any atom is 0.274 e. The van der Waals surface area contributed by atoms with Gasteiger partial charge in [-0.2, -0.15) is 0 Å². The van der Waals surface area contributed by atoms with E-state index >= 15 is 0 Å². The molecule has 6 heteroatoms. The fourth-order valence-corrected chi connectivity index (χ4v) is 2.92. The fourth-order valence-electron chi connectivity index (χ4n) is 2.92. The molecule has 3 aromatic rings. The molecule has 28 heavy (non-hydrogen) atoms. The molecule has 0 radical (unpaired) electrons. The average molecular weight is 377 g/mol. The molecule has 6 nitrogen and oxygen atoms in total. The van der Waals surface area contributed by atoms with Gasteiger partial charge in [0.15, 0.2) is 11.5 Å². The van der Waals surface area contributed by atoms with E-state index < -0.39 is 0 Å². The van der Waals surface area contributed by atoms with Crippen molar-refractivity contribution >= 4 is 23.0 Å². The number of methoxy groups -OCH3 is 2. The second kappa shape index (κ2) is 8.43. The smallest absolute Gasteiger partial charge is 0.274 e. The van der Waals surface area contributed by atoms with Crippen molar-refractivity contribution in [2.75, 3.05) is 24.9 Å². The third-order valence-corrected chi connectivity index (χ3v) is 4.15. The van der Waals surface area contributed by atoms with Crippen molar-refractivity contribution in [2.24, 2.45) is 0 Å². The van der Waals surface area contributed by atoms with Crippen molar-refractivity contribution in [3.63, 3.8) is 0 Å². The quantitative estimate of drug-likeness (QED) is 0.651. The Balaban J connectivity index is 1.70. The highest BCUT2D eigenvalue weighted by Gasteiger charge is 2.09. The van der Waals surface area contributed by atoms with Crippen molar-refractivity contribution in [3.8, 4) is 11.5 Å². The molecular formula is C22H23N3O3. The molecule has 2 N–H and O–H groups in total. The lowest BCUT2D eigenvalue weighted by molar-refractivity contribution is 0.102. The van der Waals surface area contributed by atoms with Gasteiger partial charge < -0.3 is 20.1 Å². The highest BCUT2D eigenvalue weighted by molar-refractivity contribution is 6.03. The number of amides is 1. The number of rotatable bonds is 6. The molecule has 1 heterocycles. The molecule has 0 aliphatic heterocycles. The van der Waals surface area contributed by atoms with Crippen molar-refractivity contribution < 1.29 is 14.3 Å². The number of aryl methyl sites for hydroxylation is 2. The first-order valence-corrected chi connectivity index (χ1v) is 8.83. The fraction of sp³-hybridized carbons (Fsp3) is 0.182. The highest BCUT2D eigenvalue weighted by Crippen LogP contribution is 2.31. The van der Waals surface area contributed by atoms with Gasteiger partial charge in [0, 0.05) is 17.4 Å². The van der Waals surface area contributed by atoms with E-state index in [-0.39, 0.29) is 5.91 Å². The van der Waals surface area contributed by atoms with Gasteiger partial charge in [0.25, 0.3) is 5.91 Å². The molecule has 2 aromatic carbocycles. The van der Waals surface area contributed by atoms with Crippen LogP contribution in [0.25, 0.3) is 0 Å². The summed E-state index contributed by atoms with van der Waals surface area (Å²) in [5.41, 5.74) is 4.88. The van der Waals surface area contributed by atoms with E-state index in [1.165, 1.54) is 0 Å². The zero-order valence-electron chi connectivity index (χ0n) is 16.4. The molecular weight excluding hydrogens is 354 g/mol. The van der Waals surface area contributed by atoms with Crippen LogP contribution in [0.3, 0.4) is 0 Å². The second-order valence-corrected chi connectivity index (χ2v) is 6.46. The summed E-state index contributed by atoms with van der Waals surface area (Å²) in [7, 11) is 3.18. The molecule has 1 aromatic heterocycles. The van der Waals surface area contributed by atoms with Crippen LogP contribution in [-0.4, -0.2) is 25.1 Å². The van der Waals surface area contributed by atoms with Gasteiger partial charge in [0.05, 0.1) is 26.1 Å². The molecule has 0 fully saturated rings. The minimum Gasteiger partial charge on any atom is -0.493 e. The van der Waals surface area contributed by atoms with Gasteiger partial charge in [0.1, 0.15) is 5.69 Å². The summed E-state index contributed by atoms with van der Waals surface area (Å²) >= 11 is 0. The molecule has 144 valence electrons. The normalized spacial score (nSPS) is 10.3. The Labute approximate surface area is 164 Å². The Morgan fingerprint density at radius 1 is 0.821 bits per heavy atom. The first kappa shape index (κ1) is 19.2. The van der Waals surface area contributed by atoms with Gasteiger partial charge in [-0.1, -0.05) is 6.07 Å². The van der Waals surface area contributed by atoms with Crippen molar-refractivity contribution in [1.82, 2.24) is 4.98 Å². The molecule has 0 saturated carbocycles. The van der Waals surface area contributed by atoms with Crippen LogP contribution in [0, 0.1) is 13.8 Å². The van der Waals surface area contributed by atoms with Gasteiger partial charge in [-0.15, -0.1) is 0 Å². The van der Waals surface area contributed by atoms with Crippen LogP contribution in [0.5, 0.6) is 11.5 Å². The Morgan fingerprint density at radius 3 is 2.11 bits per heavy atom. The van der Waals surface area contributed by atoms with E-state index in [4.69, 9.17) is 9.47 Å². The number of nitrogens with zero attached hydrogens (tertiary/aromatic N) is 1. The van der Waals surface area contributed by atoms with Crippen LogP contribution >= 0.6 is 0 Å². The van der Waals surface area contributed by atoms with Crippen LogP contribution in [0.1, 0.15) is 21.6 Å². The van der Waals surface area contributed by atoms with E-state index in [0.717, 1.165) is 28.2 Å². The maximum absolute atomic E-state index is 12.4. The maximum atomic E-state index is 12.4. The number of nitrogens with one attached hydrogen (secondary N) is 2. The third-order valence-electron chi connectivity index (χ3n) is 4.15. The lowest BCUT2D eigenvalue weighted by Gasteiger charge is -2.11. The zero-order chi connectivity index (χ0) is 20.1. The number of hydrogen-bond acceptors (Lipinski definition) is 5. The molecule has 3 rings (SSSR count). The molecule has 0 saturated heterocycles. The monoisotopic (exact) mass is 377 g/mol. The summed E-state index contributed by atoms with van der Waals surface area (Å²) in [6, 6.07) is 14.9. The summed E-state index contributed by atoms with van der Waals surface area (Å²) < 4.78 is 10.5. The standard InChI is InChI=1S/C22H23N3O3/c1-14-9-15(2)11-18(10-14)25-22(26)19-7-5-17(13-23-19)24-16-6-8-20(27-3)21(12-16)28-4/h5-13,24H,1-4H3,(H,25,26). The molecule has 0 unspecified atom stereocenters. The lowest BCUT2D eigenvalue weighted by Crippen LogP contribution is -2.13. The SMILES string of the molecule is COc1ccc(Nc2ccc(C(=O)Nc3cc(C)cc(C)c3)nc2)cc1OC. The first-order valence-electron chi connectivity index (χ1n) is 8.83.